The van der Waals surface area contributed by atoms with Crippen LogP contribution in [0.1, 0.15) is 6.92 Å². The smallest absolute Gasteiger partial charge is 0.321 e. The van der Waals surface area contributed by atoms with Crippen molar-refractivity contribution in [1.82, 2.24) is 25.2 Å². The Morgan fingerprint density at radius 2 is 1.75 bits per heavy atom. The fraction of sp³-hybridized carbons (Fsp3) is 0.211. The molecule has 9 heteroatoms. The Bertz CT molecular complexity index is 1000. The molecule has 9 nitrogen and oxygen atoms in total. The Kier molecular flexibility index (Phi) is 5.64. The quantitative estimate of drug-likeness (QED) is 0.645. The van der Waals surface area contributed by atoms with E-state index in [1.807, 2.05) is 19.1 Å². The number of nitrogens with one attached hydrogen (secondary N) is 3. The average molecular weight is 379 g/mol. The summed E-state index contributed by atoms with van der Waals surface area (Å²) in [4.78, 5) is 38.1. The fourth-order valence-corrected chi connectivity index (χ4v) is 2.39. The maximum Gasteiger partial charge on any atom is 0.321 e. The second-order valence-corrected chi connectivity index (χ2v) is 6.18. The summed E-state index contributed by atoms with van der Waals surface area (Å²) in [5.74, 6) is 0.395. The predicted molar refractivity (Wildman–Crippen MR) is 108 cm³/mol. The number of urea groups is 2. The Morgan fingerprint density at radius 1 is 1.00 bits per heavy atom. The van der Waals surface area contributed by atoms with Crippen molar-refractivity contribution < 1.29 is 9.59 Å². The molecule has 0 bridgehead atoms. The summed E-state index contributed by atoms with van der Waals surface area (Å²) in [5, 5.41) is 8.08. The largest absolute Gasteiger partial charge is 0.338 e. The van der Waals surface area contributed by atoms with E-state index in [9.17, 15) is 9.59 Å². The number of amides is 4. The molecule has 0 aliphatic heterocycles. The third kappa shape index (κ3) is 4.50. The van der Waals surface area contributed by atoms with E-state index in [0.29, 0.717) is 34.9 Å². The molecular formula is C19H21N7O2. The first-order valence-corrected chi connectivity index (χ1v) is 8.73. The zero-order valence-electron chi connectivity index (χ0n) is 15.9. The number of fused-ring (bicyclic) bond motifs is 1. The van der Waals surface area contributed by atoms with E-state index in [4.69, 9.17) is 0 Å². The van der Waals surface area contributed by atoms with Gasteiger partial charge in [-0.25, -0.2) is 19.6 Å². The number of hydrogen-bond acceptors (Lipinski definition) is 5. The van der Waals surface area contributed by atoms with Gasteiger partial charge in [0.1, 0.15) is 11.3 Å². The van der Waals surface area contributed by atoms with Gasteiger partial charge in [0.25, 0.3) is 0 Å². The summed E-state index contributed by atoms with van der Waals surface area (Å²) in [6.07, 6.45) is 1.66. The molecule has 0 unspecified atom stereocenters. The minimum absolute atomic E-state index is 0.199. The molecule has 0 fully saturated rings. The van der Waals surface area contributed by atoms with Gasteiger partial charge in [0, 0.05) is 31.9 Å². The van der Waals surface area contributed by atoms with Crippen LogP contribution < -0.4 is 16.0 Å². The van der Waals surface area contributed by atoms with Gasteiger partial charge >= 0.3 is 12.1 Å². The highest BCUT2D eigenvalue weighted by atomic mass is 16.2. The Labute approximate surface area is 162 Å². The van der Waals surface area contributed by atoms with E-state index in [0.717, 1.165) is 5.56 Å². The van der Waals surface area contributed by atoms with E-state index >= 15 is 0 Å². The third-order valence-electron chi connectivity index (χ3n) is 3.82. The number of carbonyl (C=O) groups excluding carboxylic acids is 2. The van der Waals surface area contributed by atoms with Crippen LogP contribution in [0.3, 0.4) is 0 Å². The highest BCUT2D eigenvalue weighted by Gasteiger charge is 2.08. The number of hydrogen-bond donors (Lipinski definition) is 3. The molecule has 4 amide bonds. The maximum absolute atomic E-state index is 11.7. The van der Waals surface area contributed by atoms with Crippen molar-refractivity contribution in [1.29, 1.82) is 0 Å². The molecule has 144 valence electrons. The topological polar surface area (TPSA) is 112 Å². The molecule has 3 aromatic rings. The van der Waals surface area contributed by atoms with Crippen LogP contribution in [0.25, 0.3) is 22.4 Å². The number of rotatable bonds is 4. The van der Waals surface area contributed by atoms with Crippen LogP contribution in [-0.4, -0.2) is 52.6 Å². The number of nitrogens with zero attached hydrogens (tertiary/aromatic N) is 4. The average Bonchev–Trinajstić information content (AvgIpc) is 2.68. The first-order chi connectivity index (χ1) is 13.5. The Hall–Kier alpha value is -3.75. The van der Waals surface area contributed by atoms with E-state index < -0.39 is 0 Å². The summed E-state index contributed by atoms with van der Waals surface area (Å²) in [6, 6.07) is 10.2. The summed E-state index contributed by atoms with van der Waals surface area (Å²) < 4.78 is 0. The molecule has 0 saturated heterocycles. The van der Waals surface area contributed by atoms with E-state index in [1.54, 1.807) is 44.6 Å². The van der Waals surface area contributed by atoms with Gasteiger partial charge in [0.15, 0.2) is 5.65 Å². The van der Waals surface area contributed by atoms with Crippen molar-refractivity contribution in [3.05, 3.63) is 42.6 Å². The fourth-order valence-electron chi connectivity index (χ4n) is 2.39. The van der Waals surface area contributed by atoms with Crippen LogP contribution in [0.15, 0.2) is 42.6 Å². The molecule has 0 radical (unpaired) electrons. The monoisotopic (exact) mass is 379 g/mol. The molecule has 2 heterocycles. The van der Waals surface area contributed by atoms with Gasteiger partial charge < -0.3 is 15.5 Å². The summed E-state index contributed by atoms with van der Waals surface area (Å²) in [7, 11) is 3.35. The van der Waals surface area contributed by atoms with Crippen molar-refractivity contribution in [3.8, 4) is 11.3 Å². The van der Waals surface area contributed by atoms with Gasteiger partial charge in [-0.2, -0.15) is 0 Å². The van der Waals surface area contributed by atoms with Crippen LogP contribution in [0.2, 0.25) is 0 Å². The molecule has 0 saturated carbocycles. The number of aromatic nitrogens is 3. The molecule has 0 spiro atoms. The standard InChI is InChI=1S/C19H21N7O2/c1-4-20-18(27)25-16-10-9-14-17(24-16)23-15(11-21-14)12-5-7-13(8-6-12)22-19(28)26(2)3/h5-11H,4H2,1-3H3,(H,22,28)(H2,20,23,24,25,27). The zero-order valence-corrected chi connectivity index (χ0v) is 15.9. The van der Waals surface area contributed by atoms with Crippen LogP contribution in [-0.2, 0) is 0 Å². The van der Waals surface area contributed by atoms with Crippen LogP contribution in [0, 0.1) is 0 Å². The summed E-state index contributed by atoms with van der Waals surface area (Å²) in [5.41, 5.74) is 3.21. The van der Waals surface area contributed by atoms with Crippen LogP contribution in [0.4, 0.5) is 21.1 Å². The first kappa shape index (κ1) is 19.0. The molecule has 1 aromatic carbocycles. The summed E-state index contributed by atoms with van der Waals surface area (Å²) in [6.45, 7) is 2.36. The predicted octanol–water partition coefficient (Wildman–Crippen LogP) is 2.93. The van der Waals surface area contributed by atoms with Crippen molar-refractivity contribution in [2.24, 2.45) is 0 Å². The van der Waals surface area contributed by atoms with E-state index in [-0.39, 0.29) is 12.1 Å². The van der Waals surface area contributed by atoms with Gasteiger partial charge in [-0.1, -0.05) is 12.1 Å². The second kappa shape index (κ2) is 8.30. The second-order valence-electron chi connectivity index (χ2n) is 6.18. The van der Waals surface area contributed by atoms with Crippen molar-refractivity contribution in [2.75, 3.05) is 31.3 Å². The maximum atomic E-state index is 11.7. The molecular weight excluding hydrogens is 358 g/mol. The minimum atomic E-state index is -0.325. The molecule has 0 aliphatic carbocycles. The first-order valence-electron chi connectivity index (χ1n) is 8.73. The number of pyridine rings is 1. The highest BCUT2D eigenvalue weighted by Crippen LogP contribution is 2.21. The highest BCUT2D eigenvalue weighted by molar-refractivity contribution is 5.90. The lowest BCUT2D eigenvalue weighted by atomic mass is 10.1. The molecule has 0 aliphatic rings. The van der Waals surface area contributed by atoms with Gasteiger partial charge in [0.05, 0.1) is 11.9 Å². The van der Waals surface area contributed by atoms with Crippen molar-refractivity contribution in [3.63, 3.8) is 0 Å². The number of carbonyl (C=O) groups is 2. The Balaban J connectivity index is 1.82. The van der Waals surface area contributed by atoms with Gasteiger partial charge in [-0.15, -0.1) is 0 Å². The van der Waals surface area contributed by atoms with E-state index in [2.05, 4.69) is 30.9 Å². The lowest BCUT2D eigenvalue weighted by Gasteiger charge is -2.12. The van der Waals surface area contributed by atoms with Crippen LogP contribution in [0.5, 0.6) is 0 Å². The molecule has 0 atom stereocenters. The molecule has 3 rings (SSSR count). The van der Waals surface area contributed by atoms with Crippen LogP contribution >= 0.6 is 0 Å². The third-order valence-corrected chi connectivity index (χ3v) is 3.82. The molecule has 3 N–H and O–H groups in total. The lowest BCUT2D eigenvalue weighted by molar-refractivity contribution is 0.230. The Morgan fingerprint density at radius 3 is 2.43 bits per heavy atom. The van der Waals surface area contributed by atoms with Crippen molar-refractivity contribution in [2.45, 2.75) is 6.92 Å². The van der Waals surface area contributed by atoms with Gasteiger partial charge in [0.2, 0.25) is 0 Å². The van der Waals surface area contributed by atoms with Gasteiger partial charge in [-0.3, -0.25) is 10.3 Å². The minimum Gasteiger partial charge on any atom is -0.338 e. The summed E-state index contributed by atoms with van der Waals surface area (Å²) >= 11 is 0. The lowest BCUT2D eigenvalue weighted by Crippen LogP contribution is -2.28. The van der Waals surface area contributed by atoms with Gasteiger partial charge in [-0.05, 0) is 31.2 Å². The normalized spacial score (nSPS) is 10.4. The van der Waals surface area contributed by atoms with Crippen molar-refractivity contribution >= 4 is 34.7 Å². The molecule has 28 heavy (non-hydrogen) atoms. The SMILES string of the molecule is CCNC(=O)Nc1ccc2ncc(-c3ccc(NC(=O)N(C)C)cc3)nc2n1. The zero-order chi connectivity index (χ0) is 20.1. The molecule has 2 aromatic heterocycles. The number of anilines is 2. The number of benzene rings is 1. The van der Waals surface area contributed by atoms with E-state index in [1.165, 1.54) is 4.90 Å².